The third-order valence-electron chi connectivity index (χ3n) is 2.53. The van der Waals surface area contributed by atoms with Crippen LogP contribution in [0.5, 0.6) is 0 Å². The number of pyridine rings is 1. The van der Waals surface area contributed by atoms with E-state index >= 15 is 0 Å². The van der Waals surface area contributed by atoms with Gasteiger partial charge >= 0.3 is 0 Å². The largest absolute Gasteiger partial charge is 0.398 e. The van der Waals surface area contributed by atoms with Gasteiger partial charge in [-0.05, 0) is 53.2 Å². The lowest BCUT2D eigenvalue weighted by Gasteiger charge is -2.10. The predicted octanol–water partition coefficient (Wildman–Crippen LogP) is 2.67. The molecule has 2 aromatic rings. The van der Waals surface area contributed by atoms with E-state index in [9.17, 15) is 12.8 Å². The van der Waals surface area contributed by atoms with Crippen molar-refractivity contribution in [2.24, 2.45) is 0 Å². The standard InChI is InChI=1S/C12H11BrFN3O2S/c1-7-9(13)3-5-12(16-7)17-20(18,19)11-6-8(14)2-4-10(11)15/h2-6H,15H2,1H3,(H,16,17). The van der Waals surface area contributed by atoms with Crippen LogP contribution in [0.25, 0.3) is 0 Å². The van der Waals surface area contributed by atoms with E-state index in [4.69, 9.17) is 5.73 Å². The predicted molar refractivity (Wildman–Crippen MR) is 78.3 cm³/mol. The first-order valence-corrected chi connectivity index (χ1v) is 7.78. The number of nitrogens with one attached hydrogen (secondary N) is 1. The van der Waals surface area contributed by atoms with Crippen molar-refractivity contribution >= 4 is 37.5 Å². The zero-order valence-electron chi connectivity index (χ0n) is 10.4. The summed E-state index contributed by atoms with van der Waals surface area (Å²) < 4.78 is 40.5. The van der Waals surface area contributed by atoms with E-state index in [-0.39, 0.29) is 16.4 Å². The van der Waals surface area contributed by atoms with Crippen LogP contribution in [0.4, 0.5) is 15.9 Å². The van der Waals surface area contributed by atoms with E-state index in [1.54, 1.807) is 13.0 Å². The molecule has 3 N–H and O–H groups in total. The number of nitrogen functional groups attached to an aromatic ring is 1. The first-order chi connectivity index (χ1) is 9.29. The summed E-state index contributed by atoms with van der Waals surface area (Å²) in [7, 11) is -3.99. The van der Waals surface area contributed by atoms with Gasteiger partial charge in [0.05, 0.1) is 11.4 Å². The van der Waals surface area contributed by atoms with Gasteiger partial charge in [0.15, 0.2) is 0 Å². The van der Waals surface area contributed by atoms with Crippen molar-refractivity contribution in [2.75, 3.05) is 10.5 Å². The number of nitrogens with two attached hydrogens (primary N) is 1. The fraction of sp³-hybridized carbons (Fsp3) is 0.0833. The third kappa shape index (κ3) is 3.07. The maximum absolute atomic E-state index is 13.2. The number of benzene rings is 1. The minimum absolute atomic E-state index is 0.0345. The smallest absolute Gasteiger partial charge is 0.265 e. The van der Waals surface area contributed by atoms with Gasteiger partial charge in [-0.25, -0.2) is 17.8 Å². The molecule has 5 nitrogen and oxygen atoms in total. The highest BCUT2D eigenvalue weighted by Gasteiger charge is 2.19. The minimum Gasteiger partial charge on any atom is -0.398 e. The van der Waals surface area contributed by atoms with E-state index in [1.165, 1.54) is 12.1 Å². The van der Waals surface area contributed by atoms with Crippen LogP contribution in [0.3, 0.4) is 0 Å². The van der Waals surface area contributed by atoms with Crippen molar-refractivity contribution in [1.82, 2.24) is 4.98 Å². The minimum atomic E-state index is -3.99. The van der Waals surface area contributed by atoms with Gasteiger partial charge in [0.25, 0.3) is 10.0 Å². The number of sulfonamides is 1. The van der Waals surface area contributed by atoms with Crippen LogP contribution in [0, 0.1) is 12.7 Å². The lowest BCUT2D eigenvalue weighted by molar-refractivity contribution is 0.596. The number of aromatic nitrogens is 1. The highest BCUT2D eigenvalue weighted by molar-refractivity contribution is 9.10. The molecule has 2 rings (SSSR count). The molecule has 0 unspecified atom stereocenters. The Morgan fingerprint density at radius 3 is 2.65 bits per heavy atom. The summed E-state index contributed by atoms with van der Waals surface area (Å²) in [5.41, 5.74) is 6.16. The Balaban J connectivity index is 2.40. The average molecular weight is 360 g/mol. The van der Waals surface area contributed by atoms with Crippen LogP contribution in [0.2, 0.25) is 0 Å². The summed E-state index contributed by atoms with van der Waals surface area (Å²) in [6.07, 6.45) is 0. The van der Waals surface area contributed by atoms with E-state index in [2.05, 4.69) is 25.6 Å². The molecule has 20 heavy (non-hydrogen) atoms. The zero-order valence-corrected chi connectivity index (χ0v) is 12.8. The number of anilines is 2. The quantitative estimate of drug-likeness (QED) is 0.825. The fourth-order valence-corrected chi connectivity index (χ4v) is 2.90. The first-order valence-electron chi connectivity index (χ1n) is 5.50. The van der Waals surface area contributed by atoms with Crippen molar-refractivity contribution in [1.29, 1.82) is 0 Å². The van der Waals surface area contributed by atoms with Gasteiger partial charge in [-0.15, -0.1) is 0 Å². The molecule has 8 heteroatoms. The Bertz CT molecular complexity index is 765. The molecule has 0 spiro atoms. The van der Waals surface area contributed by atoms with E-state index in [1.807, 2.05) is 0 Å². The molecule has 0 fully saturated rings. The summed E-state index contributed by atoms with van der Waals surface area (Å²) in [5, 5.41) is 0. The summed E-state index contributed by atoms with van der Waals surface area (Å²) in [4.78, 5) is 3.74. The molecule has 0 saturated carbocycles. The van der Waals surface area contributed by atoms with Crippen LogP contribution < -0.4 is 10.5 Å². The summed E-state index contributed by atoms with van der Waals surface area (Å²) in [5.74, 6) is -0.547. The van der Waals surface area contributed by atoms with Crippen LogP contribution >= 0.6 is 15.9 Å². The van der Waals surface area contributed by atoms with Gasteiger partial charge in [-0.1, -0.05) is 0 Å². The van der Waals surface area contributed by atoms with Crippen LogP contribution in [-0.4, -0.2) is 13.4 Å². The van der Waals surface area contributed by atoms with Crippen LogP contribution in [-0.2, 0) is 10.0 Å². The van der Waals surface area contributed by atoms with Crippen molar-refractivity contribution in [3.8, 4) is 0 Å². The second-order valence-electron chi connectivity index (χ2n) is 4.05. The Hall–Kier alpha value is -1.67. The second kappa shape index (κ2) is 5.37. The molecule has 0 bridgehead atoms. The number of aryl methyl sites for hydroxylation is 1. The van der Waals surface area contributed by atoms with E-state index in [0.29, 0.717) is 5.69 Å². The SMILES string of the molecule is Cc1nc(NS(=O)(=O)c2cc(F)ccc2N)ccc1Br. The molecular weight excluding hydrogens is 349 g/mol. The zero-order chi connectivity index (χ0) is 14.9. The Labute approximate surface area is 124 Å². The molecule has 0 aliphatic rings. The number of rotatable bonds is 3. The Morgan fingerprint density at radius 1 is 1.30 bits per heavy atom. The number of hydrogen-bond acceptors (Lipinski definition) is 4. The molecule has 0 saturated heterocycles. The lowest BCUT2D eigenvalue weighted by Crippen LogP contribution is -2.16. The molecule has 0 atom stereocenters. The van der Waals surface area contributed by atoms with Gasteiger partial charge < -0.3 is 5.73 Å². The molecule has 1 aromatic heterocycles. The molecule has 0 aliphatic carbocycles. The van der Waals surface area contributed by atoms with Gasteiger partial charge in [-0.2, -0.15) is 0 Å². The topological polar surface area (TPSA) is 85.1 Å². The molecule has 1 aromatic carbocycles. The van der Waals surface area contributed by atoms with Crippen molar-refractivity contribution in [3.05, 3.63) is 46.3 Å². The van der Waals surface area contributed by atoms with Crippen molar-refractivity contribution in [2.45, 2.75) is 11.8 Å². The molecule has 0 aliphatic heterocycles. The molecule has 0 radical (unpaired) electrons. The normalized spacial score (nSPS) is 11.3. The van der Waals surface area contributed by atoms with Crippen LogP contribution in [0.1, 0.15) is 5.69 Å². The van der Waals surface area contributed by atoms with Gasteiger partial charge in [0.1, 0.15) is 16.5 Å². The molecular formula is C12H11BrFN3O2S. The van der Waals surface area contributed by atoms with Gasteiger partial charge in [0, 0.05) is 4.47 Å². The second-order valence-corrected chi connectivity index (χ2v) is 6.56. The summed E-state index contributed by atoms with van der Waals surface area (Å²) in [6, 6.07) is 6.31. The molecule has 0 amide bonds. The molecule has 106 valence electrons. The molecule has 1 heterocycles. The lowest BCUT2D eigenvalue weighted by atomic mass is 10.3. The fourth-order valence-electron chi connectivity index (χ4n) is 1.53. The van der Waals surface area contributed by atoms with E-state index in [0.717, 1.165) is 16.6 Å². The maximum atomic E-state index is 13.2. The number of halogens is 2. The third-order valence-corrected chi connectivity index (χ3v) is 4.77. The summed E-state index contributed by atoms with van der Waals surface area (Å²) in [6.45, 7) is 1.72. The average Bonchev–Trinajstić information content (AvgIpc) is 2.36. The van der Waals surface area contributed by atoms with Crippen LogP contribution in [0.15, 0.2) is 39.7 Å². The highest BCUT2D eigenvalue weighted by Crippen LogP contribution is 2.23. The maximum Gasteiger partial charge on any atom is 0.265 e. The summed E-state index contributed by atoms with van der Waals surface area (Å²) >= 11 is 3.27. The Kier molecular flexibility index (Phi) is 3.96. The number of hydrogen-bond donors (Lipinski definition) is 2. The van der Waals surface area contributed by atoms with Crippen molar-refractivity contribution in [3.63, 3.8) is 0 Å². The van der Waals surface area contributed by atoms with Gasteiger partial charge in [-0.3, -0.25) is 4.72 Å². The number of nitrogens with zero attached hydrogens (tertiary/aromatic N) is 1. The highest BCUT2D eigenvalue weighted by atomic mass is 79.9. The monoisotopic (exact) mass is 359 g/mol. The first kappa shape index (κ1) is 14.7. The van der Waals surface area contributed by atoms with Gasteiger partial charge in [0.2, 0.25) is 0 Å². The van der Waals surface area contributed by atoms with E-state index < -0.39 is 15.8 Å². The van der Waals surface area contributed by atoms with Crippen molar-refractivity contribution < 1.29 is 12.8 Å². The Morgan fingerprint density at radius 2 is 2.00 bits per heavy atom.